The largest absolute Gasteiger partial charge is 0.496 e. The van der Waals surface area contributed by atoms with Crippen molar-refractivity contribution in [3.8, 4) is 16.9 Å². The first-order chi connectivity index (χ1) is 8.13. The highest BCUT2D eigenvalue weighted by atomic mass is 19.1. The van der Waals surface area contributed by atoms with Gasteiger partial charge >= 0.3 is 0 Å². The molecule has 0 saturated heterocycles. The lowest BCUT2D eigenvalue weighted by molar-refractivity contribution is 0.415. The van der Waals surface area contributed by atoms with E-state index >= 15 is 0 Å². The first kappa shape index (κ1) is 11.5. The molecule has 0 aliphatic heterocycles. The molecule has 0 saturated carbocycles. The van der Waals surface area contributed by atoms with Gasteiger partial charge in [-0.2, -0.15) is 0 Å². The third kappa shape index (κ3) is 2.11. The lowest BCUT2D eigenvalue weighted by Crippen LogP contribution is -1.95. The van der Waals surface area contributed by atoms with Crippen LogP contribution in [-0.4, -0.2) is 7.11 Å². The molecule has 88 valence electrons. The highest BCUT2D eigenvalue weighted by molar-refractivity contribution is 5.71. The van der Waals surface area contributed by atoms with Gasteiger partial charge in [0, 0.05) is 17.7 Å². The second-order valence-electron chi connectivity index (χ2n) is 3.44. The second kappa shape index (κ2) is 4.49. The molecule has 2 aromatic rings. The Labute approximate surface area is 96.5 Å². The summed E-state index contributed by atoms with van der Waals surface area (Å²) >= 11 is 0. The van der Waals surface area contributed by atoms with E-state index in [0.29, 0.717) is 17.9 Å². The van der Waals surface area contributed by atoms with Gasteiger partial charge in [-0.25, -0.2) is 13.2 Å². The summed E-state index contributed by atoms with van der Waals surface area (Å²) in [6.07, 6.45) is 0. The molecule has 0 unspecified atom stereocenters. The molecule has 2 rings (SSSR count). The van der Waals surface area contributed by atoms with Crippen LogP contribution in [0.2, 0.25) is 0 Å². The summed E-state index contributed by atoms with van der Waals surface area (Å²) in [5.41, 5.74) is -0.0335. The quantitative estimate of drug-likeness (QED) is 0.773. The Kier molecular flexibility index (Phi) is 3.04. The van der Waals surface area contributed by atoms with E-state index in [2.05, 4.69) is 0 Å². The van der Waals surface area contributed by atoms with Gasteiger partial charge in [0.15, 0.2) is 0 Å². The summed E-state index contributed by atoms with van der Waals surface area (Å²) in [4.78, 5) is 0. The Morgan fingerprint density at radius 1 is 0.941 bits per heavy atom. The van der Waals surface area contributed by atoms with Crippen LogP contribution >= 0.6 is 0 Å². The van der Waals surface area contributed by atoms with E-state index in [1.807, 2.05) is 0 Å². The van der Waals surface area contributed by atoms with Crippen molar-refractivity contribution >= 4 is 0 Å². The zero-order valence-electron chi connectivity index (χ0n) is 9.01. The van der Waals surface area contributed by atoms with E-state index < -0.39 is 17.5 Å². The van der Waals surface area contributed by atoms with Crippen LogP contribution in [-0.2, 0) is 0 Å². The highest BCUT2D eigenvalue weighted by Crippen LogP contribution is 2.33. The van der Waals surface area contributed by atoms with Crippen molar-refractivity contribution in [3.63, 3.8) is 0 Å². The Balaban J connectivity index is 2.68. The molecular weight excluding hydrogens is 229 g/mol. The van der Waals surface area contributed by atoms with Crippen molar-refractivity contribution in [1.82, 2.24) is 0 Å². The molecule has 17 heavy (non-hydrogen) atoms. The molecule has 0 aliphatic rings. The SMILES string of the molecule is COc1ccccc1-c1c(F)cc(F)cc1F. The van der Waals surface area contributed by atoms with Crippen molar-refractivity contribution < 1.29 is 17.9 Å². The van der Waals surface area contributed by atoms with Crippen LogP contribution < -0.4 is 4.74 Å². The molecule has 0 spiro atoms. The number of ether oxygens (including phenoxy) is 1. The lowest BCUT2D eigenvalue weighted by Gasteiger charge is -2.10. The third-order valence-corrected chi connectivity index (χ3v) is 2.38. The van der Waals surface area contributed by atoms with Gasteiger partial charge in [-0.05, 0) is 6.07 Å². The van der Waals surface area contributed by atoms with Crippen LogP contribution in [0.25, 0.3) is 11.1 Å². The van der Waals surface area contributed by atoms with Crippen molar-refractivity contribution in [1.29, 1.82) is 0 Å². The minimum absolute atomic E-state index is 0.255. The minimum Gasteiger partial charge on any atom is -0.496 e. The van der Waals surface area contributed by atoms with Gasteiger partial charge in [0.2, 0.25) is 0 Å². The Morgan fingerprint density at radius 3 is 2.12 bits per heavy atom. The second-order valence-corrected chi connectivity index (χ2v) is 3.44. The Bertz CT molecular complexity index is 529. The van der Waals surface area contributed by atoms with Crippen molar-refractivity contribution in [3.05, 3.63) is 53.8 Å². The average Bonchev–Trinajstić information content (AvgIpc) is 2.28. The van der Waals surface area contributed by atoms with Crippen molar-refractivity contribution in [2.24, 2.45) is 0 Å². The summed E-state index contributed by atoms with van der Waals surface area (Å²) in [6, 6.07) is 7.69. The van der Waals surface area contributed by atoms with Crippen LogP contribution in [0, 0.1) is 17.5 Å². The van der Waals surface area contributed by atoms with E-state index in [-0.39, 0.29) is 11.1 Å². The first-order valence-electron chi connectivity index (χ1n) is 4.91. The number of halogens is 3. The number of para-hydroxylation sites is 1. The molecule has 0 aliphatic carbocycles. The van der Waals surface area contributed by atoms with Gasteiger partial charge in [0.1, 0.15) is 23.2 Å². The third-order valence-electron chi connectivity index (χ3n) is 2.38. The number of hydrogen-bond acceptors (Lipinski definition) is 1. The summed E-state index contributed by atoms with van der Waals surface area (Å²) in [7, 11) is 1.40. The topological polar surface area (TPSA) is 9.23 Å². The molecule has 1 nitrogen and oxygen atoms in total. The predicted octanol–water partition coefficient (Wildman–Crippen LogP) is 3.78. The zero-order valence-corrected chi connectivity index (χ0v) is 9.01. The van der Waals surface area contributed by atoms with Gasteiger partial charge in [-0.15, -0.1) is 0 Å². The molecular formula is C13H9F3O. The Hall–Kier alpha value is -1.97. The van der Waals surface area contributed by atoms with E-state index in [4.69, 9.17) is 4.74 Å². The molecule has 0 atom stereocenters. The normalized spacial score (nSPS) is 10.4. The maximum absolute atomic E-state index is 13.6. The number of rotatable bonds is 2. The summed E-state index contributed by atoms with van der Waals surface area (Å²) in [6.45, 7) is 0. The molecule has 0 N–H and O–H groups in total. The number of methoxy groups -OCH3 is 1. The van der Waals surface area contributed by atoms with Crippen LogP contribution in [0.4, 0.5) is 13.2 Å². The smallest absolute Gasteiger partial charge is 0.137 e. The summed E-state index contributed by atoms with van der Waals surface area (Å²) in [5.74, 6) is -2.52. The van der Waals surface area contributed by atoms with Crippen molar-refractivity contribution in [2.75, 3.05) is 7.11 Å². The standard InChI is InChI=1S/C13H9F3O/c1-17-12-5-3-2-4-9(12)13-10(15)6-8(14)7-11(13)16/h2-7H,1H3. The number of hydrogen-bond donors (Lipinski definition) is 0. The fraction of sp³-hybridized carbons (Fsp3) is 0.0769. The molecule has 0 heterocycles. The average molecular weight is 238 g/mol. The molecule has 2 aromatic carbocycles. The molecule has 0 bridgehead atoms. The zero-order chi connectivity index (χ0) is 12.4. The monoisotopic (exact) mass is 238 g/mol. The van der Waals surface area contributed by atoms with Crippen LogP contribution in [0.5, 0.6) is 5.75 Å². The highest BCUT2D eigenvalue weighted by Gasteiger charge is 2.16. The van der Waals surface area contributed by atoms with Crippen LogP contribution in [0.15, 0.2) is 36.4 Å². The van der Waals surface area contributed by atoms with Gasteiger partial charge in [0.05, 0.1) is 12.7 Å². The lowest BCUT2D eigenvalue weighted by atomic mass is 10.0. The van der Waals surface area contributed by atoms with E-state index in [9.17, 15) is 13.2 Å². The van der Waals surface area contributed by atoms with E-state index in [0.717, 1.165) is 0 Å². The van der Waals surface area contributed by atoms with Crippen molar-refractivity contribution in [2.45, 2.75) is 0 Å². The maximum atomic E-state index is 13.6. The Morgan fingerprint density at radius 2 is 1.53 bits per heavy atom. The molecule has 0 fully saturated rings. The van der Waals surface area contributed by atoms with Gasteiger partial charge in [-0.1, -0.05) is 18.2 Å². The molecule has 0 aromatic heterocycles. The van der Waals surface area contributed by atoms with Gasteiger partial charge in [-0.3, -0.25) is 0 Å². The maximum Gasteiger partial charge on any atom is 0.137 e. The van der Waals surface area contributed by atoms with Gasteiger partial charge in [0.25, 0.3) is 0 Å². The summed E-state index contributed by atoms with van der Waals surface area (Å²) < 4.78 is 45.0. The first-order valence-corrected chi connectivity index (χ1v) is 4.91. The predicted molar refractivity (Wildman–Crippen MR) is 58.3 cm³/mol. The summed E-state index contributed by atoms with van der Waals surface area (Å²) in [5, 5.41) is 0. The van der Waals surface area contributed by atoms with E-state index in [1.54, 1.807) is 18.2 Å². The van der Waals surface area contributed by atoms with E-state index in [1.165, 1.54) is 13.2 Å². The van der Waals surface area contributed by atoms with Crippen LogP contribution in [0.3, 0.4) is 0 Å². The molecule has 0 amide bonds. The molecule has 4 heteroatoms. The van der Waals surface area contributed by atoms with Crippen LogP contribution in [0.1, 0.15) is 0 Å². The molecule has 0 radical (unpaired) electrons. The fourth-order valence-electron chi connectivity index (χ4n) is 1.65. The minimum atomic E-state index is -0.952. The fourth-order valence-corrected chi connectivity index (χ4v) is 1.65. The number of benzene rings is 2. The van der Waals surface area contributed by atoms with Gasteiger partial charge < -0.3 is 4.74 Å².